The summed E-state index contributed by atoms with van der Waals surface area (Å²) in [4.78, 5) is 8.05. The third-order valence-corrected chi connectivity index (χ3v) is 3.46. The summed E-state index contributed by atoms with van der Waals surface area (Å²) in [6.45, 7) is 0. The van der Waals surface area contributed by atoms with Gasteiger partial charge in [-0.15, -0.1) is 0 Å². The van der Waals surface area contributed by atoms with Gasteiger partial charge in [0.25, 0.3) is 0 Å². The fourth-order valence-corrected chi connectivity index (χ4v) is 2.53. The van der Waals surface area contributed by atoms with Gasteiger partial charge >= 0.3 is 0 Å². The predicted octanol–water partition coefficient (Wildman–Crippen LogP) is 3.43. The first-order valence-corrected chi connectivity index (χ1v) is 6.39. The van der Waals surface area contributed by atoms with E-state index in [9.17, 15) is 0 Å². The number of ether oxygens (including phenoxy) is 1. The van der Waals surface area contributed by atoms with Gasteiger partial charge in [0.1, 0.15) is 11.4 Å². The molecule has 0 amide bonds. The SMILES string of the molecule is COc1c(Cl)ncnc1SCc1ccccc1. The number of aromatic nitrogens is 2. The molecule has 17 heavy (non-hydrogen) atoms. The van der Waals surface area contributed by atoms with Crippen molar-refractivity contribution in [1.29, 1.82) is 0 Å². The van der Waals surface area contributed by atoms with Gasteiger partial charge in [-0.25, -0.2) is 9.97 Å². The van der Waals surface area contributed by atoms with Crippen LogP contribution in [-0.2, 0) is 5.75 Å². The van der Waals surface area contributed by atoms with E-state index in [0.717, 1.165) is 10.8 Å². The highest BCUT2D eigenvalue weighted by Crippen LogP contribution is 2.33. The maximum Gasteiger partial charge on any atom is 0.188 e. The quantitative estimate of drug-likeness (QED) is 0.627. The number of nitrogens with zero attached hydrogens (tertiary/aromatic N) is 2. The van der Waals surface area contributed by atoms with Crippen LogP contribution in [0.3, 0.4) is 0 Å². The summed E-state index contributed by atoms with van der Waals surface area (Å²) >= 11 is 7.50. The minimum absolute atomic E-state index is 0.345. The molecule has 0 aliphatic heterocycles. The van der Waals surface area contributed by atoms with Gasteiger partial charge in [0.05, 0.1) is 7.11 Å². The van der Waals surface area contributed by atoms with Crippen LogP contribution in [0.5, 0.6) is 5.75 Å². The monoisotopic (exact) mass is 266 g/mol. The number of hydrogen-bond acceptors (Lipinski definition) is 4. The molecule has 0 N–H and O–H groups in total. The first-order valence-electron chi connectivity index (χ1n) is 5.02. The summed E-state index contributed by atoms with van der Waals surface area (Å²) in [5.41, 5.74) is 1.23. The van der Waals surface area contributed by atoms with Crippen LogP contribution in [-0.4, -0.2) is 17.1 Å². The molecular formula is C12H11ClN2OS. The molecule has 3 nitrogen and oxygen atoms in total. The second-order valence-electron chi connectivity index (χ2n) is 3.28. The largest absolute Gasteiger partial charge is 0.491 e. The average molecular weight is 267 g/mol. The van der Waals surface area contributed by atoms with Crippen LogP contribution in [0.15, 0.2) is 41.7 Å². The van der Waals surface area contributed by atoms with Crippen LogP contribution < -0.4 is 4.74 Å². The molecule has 0 fully saturated rings. The van der Waals surface area contributed by atoms with Crippen LogP contribution in [0.1, 0.15) is 5.56 Å². The van der Waals surface area contributed by atoms with E-state index in [2.05, 4.69) is 22.1 Å². The number of benzene rings is 1. The van der Waals surface area contributed by atoms with E-state index >= 15 is 0 Å². The lowest BCUT2D eigenvalue weighted by Crippen LogP contribution is -1.93. The van der Waals surface area contributed by atoms with Crippen molar-refractivity contribution < 1.29 is 4.74 Å². The van der Waals surface area contributed by atoms with Crippen molar-refractivity contribution in [2.45, 2.75) is 10.8 Å². The second kappa shape index (κ2) is 5.89. The molecular weight excluding hydrogens is 256 g/mol. The Hall–Kier alpha value is -1.26. The summed E-state index contributed by atoms with van der Waals surface area (Å²) in [6.07, 6.45) is 1.44. The van der Waals surface area contributed by atoms with E-state index in [1.54, 1.807) is 18.9 Å². The maximum absolute atomic E-state index is 5.92. The predicted molar refractivity (Wildman–Crippen MR) is 69.6 cm³/mol. The highest BCUT2D eigenvalue weighted by atomic mass is 35.5. The first-order chi connectivity index (χ1) is 8.31. The van der Waals surface area contributed by atoms with Gasteiger partial charge in [-0.3, -0.25) is 0 Å². The van der Waals surface area contributed by atoms with Crippen molar-refractivity contribution in [3.8, 4) is 5.75 Å². The van der Waals surface area contributed by atoms with Crippen LogP contribution >= 0.6 is 23.4 Å². The Kier molecular flexibility index (Phi) is 4.23. The second-order valence-corrected chi connectivity index (χ2v) is 4.60. The van der Waals surface area contributed by atoms with Crippen molar-refractivity contribution in [1.82, 2.24) is 9.97 Å². The Morgan fingerprint density at radius 3 is 2.71 bits per heavy atom. The lowest BCUT2D eigenvalue weighted by Gasteiger charge is -2.07. The van der Waals surface area contributed by atoms with Crippen molar-refractivity contribution in [2.24, 2.45) is 0 Å². The molecule has 1 heterocycles. The van der Waals surface area contributed by atoms with E-state index in [0.29, 0.717) is 10.9 Å². The maximum atomic E-state index is 5.92. The molecule has 0 bridgehead atoms. The van der Waals surface area contributed by atoms with E-state index < -0.39 is 0 Å². The summed E-state index contributed by atoms with van der Waals surface area (Å²) in [6, 6.07) is 10.2. The van der Waals surface area contributed by atoms with Crippen LogP contribution in [0, 0.1) is 0 Å². The van der Waals surface area contributed by atoms with Crippen molar-refractivity contribution in [3.05, 3.63) is 47.4 Å². The third-order valence-electron chi connectivity index (χ3n) is 2.15. The average Bonchev–Trinajstić information content (AvgIpc) is 2.37. The van der Waals surface area contributed by atoms with Gasteiger partial charge in [-0.1, -0.05) is 53.7 Å². The Morgan fingerprint density at radius 2 is 2.00 bits per heavy atom. The Labute approximate surface area is 109 Å². The van der Waals surface area contributed by atoms with Crippen LogP contribution in [0.25, 0.3) is 0 Å². The van der Waals surface area contributed by atoms with Gasteiger partial charge in [0.2, 0.25) is 0 Å². The zero-order valence-corrected chi connectivity index (χ0v) is 10.8. The molecule has 0 radical (unpaired) electrons. The molecule has 1 aromatic heterocycles. The molecule has 0 aliphatic carbocycles. The summed E-state index contributed by atoms with van der Waals surface area (Å²) in [7, 11) is 1.57. The van der Waals surface area contributed by atoms with Gasteiger partial charge in [0.15, 0.2) is 10.9 Å². The molecule has 0 aliphatic rings. The molecule has 0 atom stereocenters. The topological polar surface area (TPSA) is 35.0 Å². The Bertz CT molecular complexity index is 493. The number of thioether (sulfide) groups is 1. The smallest absolute Gasteiger partial charge is 0.188 e. The normalized spacial score (nSPS) is 10.2. The lowest BCUT2D eigenvalue weighted by molar-refractivity contribution is 0.398. The summed E-state index contributed by atoms with van der Waals surface area (Å²) in [5.74, 6) is 1.36. The molecule has 0 saturated heterocycles. The lowest BCUT2D eigenvalue weighted by atomic mass is 10.2. The molecule has 2 aromatic rings. The highest BCUT2D eigenvalue weighted by molar-refractivity contribution is 7.98. The van der Waals surface area contributed by atoms with Gasteiger partial charge in [-0.05, 0) is 5.56 Å². The standard InChI is InChI=1S/C12H11ClN2OS/c1-16-10-11(13)14-8-15-12(10)17-7-9-5-3-2-4-6-9/h2-6,8H,7H2,1H3. The zero-order chi connectivity index (χ0) is 12.1. The van der Waals surface area contributed by atoms with Gasteiger partial charge in [0, 0.05) is 5.75 Å². The van der Waals surface area contributed by atoms with Crippen molar-refractivity contribution in [2.75, 3.05) is 7.11 Å². The van der Waals surface area contributed by atoms with E-state index in [-0.39, 0.29) is 0 Å². The van der Waals surface area contributed by atoms with Gasteiger partial charge in [-0.2, -0.15) is 0 Å². The van der Waals surface area contributed by atoms with E-state index in [1.807, 2.05) is 18.2 Å². The zero-order valence-electron chi connectivity index (χ0n) is 9.26. The van der Waals surface area contributed by atoms with Crippen molar-refractivity contribution in [3.63, 3.8) is 0 Å². The minimum Gasteiger partial charge on any atom is -0.491 e. The number of methoxy groups -OCH3 is 1. The van der Waals surface area contributed by atoms with Crippen LogP contribution in [0.2, 0.25) is 5.15 Å². The van der Waals surface area contributed by atoms with Crippen molar-refractivity contribution >= 4 is 23.4 Å². The number of halogens is 1. The Balaban J connectivity index is 2.12. The molecule has 0 saturated carbocycles. The molecule has 88 valence electrons. The minimum atomic E-state index is 0.345. The summed E-state index contributed by atoms with van der Waals surface area (Å²) in [5, 5.41) is 1.11. The molecule has 0 unspecified atom stereocenters. The fourth-order valence-electron chi connectivity index (χ4n) is 1.34. The molecule has 0 spiro atoms. The van der Waals surface area contributed by atoms with E-state index in [1.165, 1.54) is 11.9 Å². The molecule has 1 aromatic carbocycles. The number of hydrogen-bond donors (Lipinski definition) is 0. The van der Waals surface area contributed by atoms with Gasteiger partial charge < -0.3 is 4.74 Å². The Morgan fingerprint density at radius 1 is 1.24 bits per heavy atom. The molecule has 2 rings (SSSR count). The first kappa shape index (κ1) is 12.2. The van der Waals surface area contributed by atoms with E-state index in [4.69, 9.17) is 16.3 Å². The highest BCUT2D eigenvalue weighted by Gasteiger charge is 2.10. The molecule has 5 heteroatoms. The number of rotatable bonds is 4. The summed E-state index contributed by atoms with van der Waals surface area (Å²) < 4.78 is 5.19. The fraction of sp³-hybridized carbons (Fsp3) is 0.167. The third kappa shape index (κ3) is 3.11. The van der Waals surface area contributed by atoms with Crippen LogP contribution in [0.4, 0.5) is 0 Å².